The molecule has 0 aromatic carbocycles. The molecule has 0 saturated heterocycles. The van der Waals surface area contributed by atoms with Crippen molar-refractivity contribution in [3.63, 3.8) is 0 Å². The summed E-state index contributed by atoms with van der Waals surface area (Å²) in [6, 6.07) is 2.33. The second-order valence-corrected chi connectivity index (χ2v) is 4.98. The summed E-state index contributed by atoms with van der Waals surface area (Å²) < 4.78 is 10.8. The number of nitrogens with zero attached hydrogens (tertiary/aromatic N) is 1. The molecule has 0 aliphatic heterocycles. The second-order valence-electron chi connectivity index (χ2n) is 3.43. The first-order valence-corrected chi connectivity index (χ1v) is 6.43. The number of hydrogen-bond acceptors (Lipinski definition) is 3. The lowest BCUT2D eigenvalue weighted by Crippen LogP contribution is -2.27. The van der Waals surface area contributed by atoms with Gasteiger partial charge in [0, 0.05) is 47.3 Å². The summed E-state index contributed by atoms with van der Waals surface area (Å²) in [4.78, 5) is 0. The SMILES string of the molecule is CC(CCS(C)=O)NCc1ccn[nH]1. The van der Waals surface area contributed by atoms with Gasteiger partial charge in [0.05, 0.1) is 0 Å². The van der Waals surface area contributed by atoms with Crippen LogP contribution >= 0.6 is 0 Å². The van der Waals surface area contributed by atoms with E-state index in [-0.39, 0.29) is 0 Å². The first-order valence-electron chi connectivity index (χ1n) is 4.70. The molecule has 0 aliphatic carbocycles. The van der Waals surface area contributed by atoms with Crippen LogP contribution in [0.1, 0.15) is 19.0 Å². The molecule has 0 aliphatic rings. The molecule has 0 fully saturated rings. The average molecular weight is 215 g/mol. The number of nitrogens with one attached hydrogen (secondary N) is 2. The third kappa shape index (κ3) is 4.53. The maximum absolute atomic E-state index is 10.8. The molecule has 2 N–H and O–H groups in total. The minimum atomic E-state index is -0.687. The summed E-state index contributed by atoms with van der Waals surface area (Å²) in [5.74, 6) is 0.761. The van der Waals surface area contributed by atoms with E-state index in [4.69, 9.17) is 0 Å². The van der Waals surface area contributed by atoms with Crippen molar-refractivity contribution in [2.45, 2.75) is 25.9 Å². The lowest BCUT2D eigenvalue weighted by atomic mass is 10.2. The highest BCUT2D eigenvalue weighted by atomic mass is 32.2. The fourth-order valence-electron chi connectivity index (χ4n) is 1.11. The molecule has 80 valence electrons. The van der Waals surface area contributed by atoms with Gasteiger partial charge in [0.25, 0.3) is 0 Å². The quantitative estimate of drug-likeness (QED) is 0.733. The maximum Gasteiger partial charge on any atom is 0.0490 e. The Kier molecular flexibility index (Phi) is 4.82. The highest BCUT2D eigenvalue weighted by Gasteiger charge is 2.02. The number of aromatic amines is 1. The van der Waals surface area contributed by atoms with Crippen molar-refractivity contribution in [2.24, 2.45) is 0 Å². The van der Waals surface area contributed by atoms with E-state index < -0.39 is 10.8 Å². The van der Waals surface area contributed by atoms with E-state index in [2.05, 4.69) is 22.4 Å². The number of hydrogen-bond donors (Lipinski definition) is 2. The highest BCUT2D eigenvalue weighted by molar-refractivity contribution is 7.84. The molecule has 0 bridgehead atoms. The Hall–Kier alpha value is -0.680. The standard InChI is InChI=1S/C9H17N3OS/c1-8(4-6-14(2)13)10-7-9-3-5-11-12-9/h3,5,8,10H,4,6-7H2,1-2H3,(H,11,12). The Morgan fingerprint density at radius 2 is 2.50 bits per heavy atom. The first-order chi connectivity index (χ1) is 6.68. The minimum Gasteiger partial charge on any atom is -0.309 e. The van der Waals surface area contributed by atoms with Crippen molar-refractivity contribution in [3.8, 4) is 0 Å². The largest absolute Gasteiger partial charge is 0.309 e. The van der Waals surface area contributed by atoms with Gasteiger partial charge in [0.1, 0.15) is 0 Å². The molecular formula is C9H17N3OS. The molecule has 0 radical (unpaired) electrons. The molecule has 4 nitrogen and oxygen atoms in total. The van der Waals surface area contributed by atoms with E-state index in [1.807, 2.05) is 6.07 Å². The highest BCUT2D eigenvalue weighted by Crippen LogP contribution is 1.96. The van der Waals surface area contributed by atoms with E-state index in [0.717, 1.165) is 24.4 Å². The van der Waals surface area contributed by atoms with Crippen LogP contribution in [0, 0.1) is 0 Å². The summed E-state index contributed by atoms with van der Waals surface area (Å²) >= 11 is 0. The van der Waals surface area contributed by atoms with E-state index in [0.29, 0.717) is 6.04 Å². The van der Waals surface area contributed by atoms with Gasteiger partial charge < -0.3 is 5.32 Å². The van der Waals surface area contributed by atoms with Crippen LogP contribution < -0.4 is 5.32 Å². The predicted octanol–water partition coefficient (Wildman–Crippen LogP) is 0.656. The molecule has 5 heteroatoms. The zero-order chi connectivity index (χ0) is 10.4. The molecule has 14 heavy (non-hydrogen) atoms. The summed E-state index contributed by atoms with van der Waals surface area (Å²) in [7, 11) is -0.687. The number of rotatable bonds is 6. The van der Waals surface area contributed by atoms with Crippen molar-refractivity contribution in [1.29, 1.82) is 0 Å². The van der Waals surface area contributed by atoms with Gasteiger partial charge in [0.2, 0.25) is 0 Å². The zero-order valence-electron chi connectivity index (χ0n) is 8.62. The van der Waals surface area contributed by atoms with Gasteiger partial charge in [0.15, 0.2) is 0 Å². The summed E-state index contributed by atoms with van der Waals surface area (Å²) in [6.07, 6.45) is 4.42. The molecule has 1 aromatic rings. The van der Waals surface area contributed by atoms with Gasteiger partial charge in [-0.25, -0.2) is 0 Å². The summed E-state index contributed by atoms with van der Waals surface area (Å²) in [5.41, 5.74) is 1.08. The van der Waals surface area contributed by atoms with Crippen LogP contribution in [-0.4, -0.2) is 32.5 Å². The molecule has 1 rings (SSSR count). The molecule has 2 atom stereocenters. The number of H-pyrrole nitrogens is 1. The van der Waals surface area contributed by atoms with Gasteiger partial charge in [-0.1, -0.05) is 0 Å². The Bertz CT molecular complexity index is 274. The zero-order valence-corrected chi connectivity index (χ0v) is 9.43. The van der Waals surface area contributed by atoms with Crippen molar-refractivity contribution in [3.05, 3.63) is 18.0 Å². The molecule has 1 heterocycles. The smallest absolute Gasteiger partial charge is 0.0490 e. The molecule has 0 saturated carbocycles. The van der Waals surface area contributed by atoms with Crippen LogP contribution in [-0.2, 0) is 17.3 Å². The maximum atomic E-state index is 10.8. The molecule has 0 spiro atoms. The van der Waals surface area contributed by atoms with Crippen LogP contribution in [0.25, 0.3) is 0 Å². The predicted molar refractivity (Wildman–Crippen MR) is 58.4 cm³/mol. The van der Waals surface area contributed by atoms with Crippen LogP contribution in [0.5, 0.6) is 0 Å². The Balaban J connectivity index is 2.15. The summed E-state index contributed by atoms with van der Waals surface area (Å²) in [6.45, 7) is 2.89. The van der Waals surface area contributed by atoms with Crippen LogP contribution in [0.4, 0.5) is 0 Å². The first kappa shape index (κ1) is 11.4. The molecule has 2 unspecified atom stereocenters. The van der Waals surface area contributed by atoms with Gasteiger partial charge in [-0.3, -0.25) is 9.31 Å². The van der Waals surface area contributed by atoms with E-state index >= 15 is 0 Å². The molecule has 0 amide bonds. The Morgan fingerprint density at radius 3 is 3.07 bits per heavy atom. The topological polar surface area (TPSA) is 57.8 Å². The lowest BCUT2D eigenvalue weighted by Gasteiger charge is -2.11. The fourth-order valence-corrected chi connectivity index (χ4v) is 1.80. The van der Waals surface area contributed by atoms with Crippen molar-refractivity contribution in [1.82, 2.24) is 15.5 Å². The third-order valence-electron chi connectivity index (χ3n) is 2.04. The van der Waals surface area contributed by atoms with Crippen LogP contribution in [0.3, 0.4) is 0 Å². The van der Waals surface area contributed by atoms with Crippen LogP contribution in [0.15, 0.2) is 12.3 Å². The van der Waals surface area contributed by atoms with Gasteiger partial charge in [-0.15, -0.1) is 0 Å². The van der Waals surface area contributed by atoms with E-state index in [9.17, 15) is 4.21 Å². The van der Waals surface area contributed by atoms with E-state index in [1.165, 1.54) is 0 Å². The minimum absolute atomic E-state index is 0.391. The van der Waals surface area contributed by atoms with E-state index in [1.54, 1.807) is 12.5 Å². The monoisotopic (exact) mass is 215 g/mol. The van der Waals surface area contributed by atoms with Gasteiger partial charge in [-0.2, -0.15) is 5.10 Å². The van der Waals surface area contributed by atoms with Crippen molar-refractivity contribution in [2.75, 3.05) is 12.0 Å². The van der Waals surface area contributed by atoms with Crippen molar-refractivity contribution < 1.29 is 4.21 Å². The number of aromatic nitrogens is 2. The van der Waals surface area contributed by atoms with Crippen LogP contribution in [0.2, 0.25) is 0 Å². The summed E-state index contributed by atoms with van der Waals surface area (Å²) in [5, 5.41) is 10.1. The lowest BCUT2D eigenvalue weighted by molar-refractivity contribution is 0.529. The average Bonchev–Trinajstić information content (AvgIpc) is 2.63. The van der Waals surface area contributed by atoms with Gasteiger partial charge >= 0.3 is 0 Å². The third-order valence-corrected chi connectivity index (χ3v) is 2.85. The van der Waals surface area contributed by atoms with Gasteiger partial charge in [-0.05, 0) is 19.4 Å². The van der Waals surface area contributed by atoms with Crippen molar-refractivity contribution >= 4 is 10.8 Å². The Labute approximate surface area is 86.9 Å². The Morgan fingerprint density at radius 1 is 1.71 bits per heavy atom. The molecule has 1 aromatic heterocycles. The molecular weight excluding hydrogens is 198 g/mol. The fraction of sp³-hybridized carbons (Fsp3) is 0.667. The normalized spacial score (nSPS) is 15.3. The second kappa shape index (κ2) is 5.93.